The highest BCUT2D eigenvalue weighted by Crippen LogP contribution is 2.66. The van der Waals surface area contributed by atoms with Gasteiger partial charge in [-0.15, -0.1) is 0 Å². The van der Waals surface area contributed by atoms with E-state index < -0.39 is 45.6 Å². The summed E-state index contributed by atoms with van der Waals surface area (Å²) in [7, 11) is 1.28. The number of carbonyl (C=O) groups excluding carboxylic acids is 3. The molecule has 1 aromatic carbocycles. The zero-order chi connectivity index (χ0) is 28.1. The average Bonchev–Trinajstić information content (AvgIpc) is 3.44. The number of esters is 2. The second-order valence-corrected chi connectivity index (χ2v) is 11.0. The van der Waals surface area contributed by atoms with E-state index in [0.29, 0.717) is 25.0 Å². The normalized spacial score (nSPS) is 31.7. The number of Topliss-reactive ketones (excluding diaryl/α,β-unsaturated/α-hetero) is 1. The molecule has 204 valence electrons. The molecule has 0 amide bonds. The summed E-state index contributed by atoms with van der Waals surface area (Å²) in [6.07, 6.45) is 5.79. The molecule has 2 aromatic rings. The van der Waals surface area contributed by atoms with Crippen molar-refractivity contribution in [1.82, 2.24) is 0 Å². The van der Waals surface area contributed by atoms with E-state index in [0.717, 1.165) is 5.56 Å². The van der Waals surface area contributed by atoms with E-state index in [2.05, 4.69) is 6.58 Å². The first-order chi connectivity index (χ1) is 18.5. The van der Waals surface area contributed by atoms with Crippen molar-refractivity contribution in [3.8, 4) is 0 Å². The first-order valence-electron chi connectivity index (χ1n) is 12.7. The molecule has 1 saturated heterocycles. The number of nitro benzene ring substituents is 1. The van der Waals surface area contributed by atoms with Gasteiger partial charge in [0.05, 0.1) is 41.8 Å². The van der Waals surface area contributed by atoms with E-state index in [1.807, 2.05) is 13.8 Å². The topological polar surface area (TPSA) is 135 Å². The second-order valence-electron chi connectivity index (χ2n) is 11.0. The zero-order valence-electron chi connectivity index (χ0n) is 21.9. The Morgan fingerprint density at radius 2 is 1.87 bits per heavy atom. The van der Waals surface area contributed by atoms with Crippen molar-refractivity contribution < 1.29 is 37.9 Å². The number of hydrogen-bond acceptors (Lipinski definition) is 9. The Hall–Kier alpha value is -4.21. The third kappa shape index (κ3) is 4.24. The van der Waals surface area contributed by atoms with Crippen molar-refractivity contribution in [2.75, 3.05) is 7.11 Å². The molecule has 2 heterocycles. The number of allylic oxidation sites excluding steroid dienone is 2. The van der Waals surface area contributed by atoms with Gasteiger partial charge in [-0.05, 0) is 54.4 Å². The van der Waals surface area contributed by atoms with E-state index in [-0.39, 0.29) is 28.7 Å². The van der Waals surface area contributed by atoms with Crippen LogP contribution in [0.4, 0.5) is 5.69 Å². The van der Waals surface area contributed by atoms with Crippen molar-refractivity contribution in [3.63, 3.8) is 0 Å². The number of ether oxygens (including phenoxy) is 3. The fourth-order valence-electron chi connectivity index (χ4n) is 6.95. The molecule has 6 atom stereocenters. The first kappa shape index (κ1) is 26.4. The number of ketones is 1. The minimum absolute atomic E-state index is 0.0319. The van der Waals surface area contributed by atoms with Crippen molar-refractivity contribution >= 4 is 23.4 Å². The number of furan rings is 1. The number of fused-ring (bicyclic) bond motifs is 3. The SMILES string of the molecule is C=C1O[C@H](c2ccoc2)C[C@]2(C)[C@H]3C(=O)C(OC(=O)c4ccc([N+](=O)[O-])cc4)=C[C@@H](C(=O)OC)[C@]3(C)CC[C@@H]12. The van der Waals surface area contributed by atoms with Gasteiger partial charge in [0.25, 0.3) is 5.69 Å². The van der Waals surface area contributed by atoms with Gasteiger partial charge in [0.2, 0.25) is 5.78 Å². The van der Waals surface area contributed by atoms with Crippen LogP contribution in [0, 0.1) is 38.7 Å². The summed E-state index contributed by atoms with van der Waals surface area (Å²) in [6.45, 7) is 8.10. The maximum Gasteiger partial charge on any atom is 0.343 e. The minimum Gasteiger partial charge on any atom is -0.490 e. The van der Waals surface area contributed by atoms with Crippen LogP contribution in [-0.2, 0) is 23.8 Å². The fraction of sp³-hybridized carbons (Fsp3) is 0.414. The first-order valence-corrected chi connectivity index (χ1v) is 12.7. The Balaban J connectivity index is 1.54. The van der Waals surface area contributed by atoms with Gasteiger partial charge in [-0.25, -0.2) is 4.79 Å². The molecule has 1 aliphatic heterocycles. The minimum atomic E-state index is -0.859. The lowest BCUT2D eigenvalue weighted by Crippen LogP contribution is -2.60. The number of hydrogen-bond donors (Lipinski definition) is 0. The van der Waals surface area contributed by atoms with Crippen molar-refractivity contribution in [2.45, 2.75) is 39.2 Å². The monoisotopic (exact) mass is 535 g/mol. The highest BCUT2D eigenvalue weighted by Gasteiger charge is 2.65. The lowest BCUT2D eigenvalue weighted by atomic mass is 9.44. The molecule has 0 unspecified atom stereocenters. The summed E-state index contributed by atoms with van der Waals surface area (Å²) in [6, 6.07) is 6.68. The summed E-state index contributed by atoms with van der Waals surface area (Å²) < 4.78 is 22.2. The number of nitrogens with zero attached hydrogens (tertiary/aromatic N) is 1. The molecule has 2 aliphatic carbocycles. The van der Waals surface area contributed by atoms with Crippen molar-refractivity contribution in [2.24, 2.45) is 28.6 Å². The molecule has 1 saturated carbocycles. The molecule has 1 aromatic heterocycles. The Bertz CT molecular complexity index is 1380. The molecule has 0 radical (unpaired) electrons. The van der Waals surface area contributed by atoms with E-state index in [4.69, 9.17) is 18.6 Å². The van der Waals surface area contributed by atoms with Crippen LogP contribution in [0.5, 0.6) is 0 Å². The van der Waals surface area contributed by atoms with Gasteiger partial charge in [0.15, 0.2) is 5.76 Å². The van der Waals surface area contributed by atoms with Crippen LogP contribution in [0.15, 0.2) is 71.4 Å². The summed E-state index contributed by atoms with van der Waals surface area (Å²) in [5.74, 6) is -3.17. The quantitative estimate of drug-likeness (QED) is 0.283. The van der Waals surface area contributed by atoms with Crippen LogP contribution < -0.4 is 0 Å². The van der Waals surface area contributed by atoms with Crippen molar-refractivity contribution in [3.05, 3.63) is 88.3 Å². The molecule has 3 aliphatic rings. The maximum atomic E-state index is 14.2. The van der Waals surface area contributed by atoms with E-state index >= 15 is 0 Å². The summed E-state index contributed by atoms with van der Waals surface area (Å²) >= 11 is 0. The van der Waals surface area contributed by atoms with Gasteiger partial charge < -0.3 is 18.6 Å². The highest BCUT2D eigenvalue weighted by atomic mass is 16.6. The third-order valence-corrected chi connectivity index (χ3v) is 8.81. The van der Waals surface area contributed by atoms with Crippen LogP contribution in [0.3, 0.4) is 0 Å². The third-order valence-electron chi connectivity index (χ3n) is 8.81. The Kier molecular flexibility index (Phi) is 6.44. The van der Waals surface area contributed by atoms with Gasteiger partial charge in [-0.1, -0.05) is 20.4 Å². The maximum absolute atomic E-state index is 14.2. The Morgan fingerprint density at radius 3 is 2.49 bits per heavy atom. The average molecular weight is 536 g/mol. The molecular weight excluding hydrogens is 506 g/mol. The molecule has 0 spiro atoms. The molecule has 10 heteroatoms. The van der Waals surface area contributed by atoms with Crippen LogP contribution in [0.2, 0.25) is 0 Å². The standard InChI is InChI=1S/C29H29NO9/c1-16-20-9-11-28(2)21(27(33)36-4)13-22(39-26(32)17-5-7-19(8-6-17)30(34)35)24(31)25(28)29(20,3)14-23(38-16)18-10-12-37-15-18/h5-8,10,12-13,15,20-21,23,25H,1,9,11,14H2,2-4H3/t20-,21-,23-,25-,28-,29-/m0/s1. The number of methoxy groups -OCH3 is 1. The van der Waals surface area contributed by atoms with Crippen molar-refractivity contribution in [1.29, 1.82) is 0 Å². The van der Waals surface area contributed by atoms with Gasteiger partial charge in [0.1, 0.15) is 6.10 Å². The molecule has 5 rings (SSSR count). The molecule has 0 bridgehead atoms. The summed E-state index contributed by atoms with van der Waals surface area (Å²) in [5, 5.41) is 11.0. The predicted octanol–water partition coefficient (Wildman–Crippen LogP) is 5.31. The van der Waals surface area contributed by atoms with Gasteiger partial charge >= 0.3 is 11.9 Å². The van der Waals surface area contributed by atoms with Crippen LogP contribution in [0.25, 0.3) is 0 Å². The van der Waals surface area contributed by atoms with E-state index in [1.54, 1.807) is 18.6 Å². The van der Waals surface area contributed by atoms with Crippen LogP contribution in [0.1, 0.15) is 55.1 Å². The fourth-order valence-corrected chi connectivity index (χ4v) is 6.95. The van der Waals surface area contributed by atoms with Gasteiger partial charge in [0, 0.05) is 29.5 Å². The number of benzene rings is 1. The number of rotatable bonds is 5. The summed E-state index contributed by atoms with van der Waals surface area (Å²) in [5.41, 5.74) is -0.834. The van der Waals surface area contributed by atoms with Gasteiger partial charge in [-0.2, -0.15) is 0 Å². The molecule has 2 fully saturated rings. The second kappa shape index (κ2) is 9.52. The largest absolute Gasteiger partial charge is 0.490 e. The lowest BCUT2D eigenvalue weighted by Gasteiger charge is -2.60. The zero-order valence-corrected chi connectivity index (χ0v) is 21.9. The number of carbonyl (C=O) groups is 3. The smallest absolute Gasteiger partial charge is 0.343 e. The lowest BCUT2D eigenvalue weighted by molar-refractivity contribution is -0.384. The molecule has 39 heavy (non-hydrogen) atoms. The Morgan fingerprint density at radius 1 is 1.15 bits per heavy atom. The molecule has 0 N–H and O–H groups in total. The Labute approximate surface area is 224 Å². The molecular formula is C29H29NO9. The van der Waals surface area contributed by atoms with Crippen LogP contribution in [-0.4, -0.2) is 29.8 Å². The summed E-state index contributed by atoms with van der Waals surface area (Å²) in [4.78, 5) is 50.7. The number of nitro groups is 1. The molecule has 10 nitrogen and oxygen atoms in total. The highest BCUT2D eigenvalue weighted by molar-refractivity contribution is 6.03. The van der Waals surface area contributed by atoms with Crippen LogP contribution >= 0.6 is 0 Å². The van der Waals surface area contributed by atoms with Gasteiger partial charge in [-0.3, -0.25) is 19.7 Å². The number of non-ortho nitro benzene ring substituents is 1. The predicted molar refractivity (Wildman–Crippen MR) is 136 cm³/mol. The van der Waals surface area contributed by atoms with E-state index in [1.165, 1.54) is 37.5 Å². The van der Waals surface area contributed by atoms with E-state index in [9.17, 15) is 24.5 Å².